The number of hydrogen-bond donors (Lipinski definition) is 1. The Bertz CT molecular complexity index is 534. The van der Waals surface area contributed by atoms with Crippen LogP contribution in [0.15, 0.2) is 29.6 Å². The van der Waals surface area contributed by atoms with Gasteiger partial charge < -0.3 is 14.6 Å². The molecular weight excluding hydrogens is 278 g/mol. The molecule has 0 aromatic carbocycles. The molecule has 0 saturated heterocycles. The van der Waals surface area contributed by atoms with Crippen LogP contribution in [-0.4, -0.2) is 58.0 Å². The molecule has 0 bridgehead atoms. The quantitative estimate of drug-likeness (QED) is 0.739. The fourth-order valence-corrected chi connectivity index (χ4v) is 2.52. The first-order chi connectivity index (χ1) is 9.70. The lowest BCUT2D eigenvalue weighted by Gasteiger charge is -2.15. The van der Waals surface area contributed by atoms with E-state index in [0.29, 0.717) is 12.4 Å². The molecular formula is C13H19N3O3S. The van der Waals surface area contributed by atoms with Gasteiger partial charge in [-0.1, -0.05) is 17.8 Å². The van der Waals surface area contributed by atoms with Crippen LogP contribution in [0.1, 0.15) is 6.92 Å². The molecule has 2 unspecified atom stereocenters. The normalized spacial score (nSPS) is 14.6. The van der Waals surface area contributed by atoms with Gasteiger partial charge in [0, 0.05) is 19.1 Å². The van der Waals surface area contributed by atoms with E-state index in [1.807, 2.05) is 35.7 Å². The summed E-state index contributed by atoms with van der Waals surface area (Å²) in [5.41, 5.74) is 0.800. The molecule has 0 radical (unpaired) electrons. The second-order valence-corrected chi connectivity index (χ2v) is 5.46. The summed E-state index contributed by atoms with van der Waals surface area (Å²) in [6.45, 7) is 2.72. The lowest BCUT2D eigenvalue weighted by Crippen LogP contribution is -2.24. The largest absolute Gasteiger partial charge is 0.390 e. The highest BCUT2D eigenvalue weighted by atomic mass is 32.2. The molecule has 20 heavy (non-hydrogen) atoms. The maximum Gasteiger partial charge on any atom is 0.195 e. The second kappa shape index (κ2) is 7.58. The van der Waals surface area contributed by atoms with Crippen LogP contribution in [0.4, 0.5) is 0 Å². The number of rotatable bonds is 8. The SMILES string of the molecule is COCC(C)OCC(O)CSc1nnc2ccccn12. The Morgan fingerprint density at radius 3 is 3.00 bits per heavy atom. The first-order valence-electron chi connectivity index (χ1n) is 6.42. The first kappa shape index (κ1) is 15.2. The van der Waals surface area contributed by atoms with Crippen LogP contribution in [0.3, 0.4) is 0 Å². The van der Waals surface area contributed by atoms with Crippen molar-refractivity contribution in [3.05, 3.63) is 24.4 Å². The van der Waals surface area contributed by atoms with Gasteiger partial charge in [0.2, 0.25) is 0 Å². The summed E-state index contributed by atoms with van der Waals surface area (Å²) in [5.74, 6) is 0.509. The summed E-state index contributed by atoms with van der Waals surface area (Å²) in [6, 6.07) is 5.73. The van der Waals surface area contributed by atoms with Crippen molar-refractivity contribution in [1.29, 1.82) is 0 Å². The highest BCUT2D eigenvalue weighted by molar-refractivity contribution is 7.99. The molecule has 7 heteroatoms. The summed E-state index contributed by atoms with van der Waals surface area (Å²) >= 11 is 1.46. The molecule has 0 aliphatic carbocycles. The smallest absolute Gasteiger partial charge is 0.195 e. The molecule has 1 N–H and O–H groups in total. The molecule has 0 amide bonds. The number of ether oxygens (including phenoxy) is 2. The van der Waals surface area contributed by atoms with Crippen molar-refractivity contribution in [3.8, 4) is 0 Å². The summed E-state index contributed by atoms with van der Waals surface area (Å²) in [4.78, 5) is 0. The molecule has 110 valence electrons. The molecule has 2 aromatic rings. The average Bonchev–Trinajstić information content (AvgIpc) is 2.86. The summed E-state index contributed by atoms with van der Waals surface area (Å²) in [5, 5.41) is 18.8. The number of pyridine rings is 1. The van der Waals surface area contributed by atoms with Gasteiger partial charge in [-0.2, -0.15) is 0 Å². The van der Waals surface area contributed by atoms with Gasteiger partial charge in [-0.05, 0) is 19.1 Å². The maximum atomic E-state index is 9.89. The van der Waals surface area contributed by atoms with Gasteiger partial charge >= 0.3 is 0 Å². The number of aliphatic hydroxyl groups is 1. The van der Waals surface area contributed by atoms with Gasteiger partial charge in [-0.25, -0.2) is 0 Å². The van der Waals surface area contributed by atoms with Gasteiger partial charge in [0.25, 0.3) is 0 Å². The van der Waals surface area contributed by atoms with E-state index < -0.39 is 6.10 Å². The minimum atomic E-state index is -0.546. The Kier molecular flexibility index (Phi) is 5.78. The molecule has 0 aliphatic rings. The number of aromatic nitrogens is 3. The first-order valence-corrected chi connectivity index (χ1v) is 7.40. The molecule has 0 spiro atoms. The second-order valence-electron chi connectivity index (χ2n) is 4.48. The van der Waals surface area contributed by atoms with E-state index in [-0.39, 0.29) is 12.7 Å². The van der Waals surface area contributed by atoms with Crippen molar-refractivity contribution >= 4 is 17.4 Å². The molecule has 0 saturated carbocycles. The fraction of sp³-hybridized carbons (Fsp3) is 0.538. The van der Waals surface area contributed by atoms with Gasteiger partial charge in [0.1, 0.15) is 0 Å². The highest BCUT2D eigenvalue weighted by Crippen LogP contribution is 2.17. The minimum absolute atomic E-state index is 0.0198. The Labute approximate surface area is 122 Å². The molecule has 2 atom stereocenters. The number of thioether (sulfide) groups is 1. The van der Waals surface area contributed by atoms with Crippen molar-refractivity contribution in [2.75, 3.05) is 26.1 Å². The van der Waals surface area contributed by atoms with Gasteiger partial charge in [-0.15, -0.1) is 10.2 Å². The van der Waals surface area contributed by atoms with Crippen LogP contribution >= 0.6 is 11.8 Å². The lowest BCUT2D eigenvalue weighted by atomic mass is 10.4. The number of hydrogen-bond acceptors (Lipinski definition) is 6. The minimum Gasteiger partial charge on any atom is -0.390 e. The zero-order chi connectivity index (χ0) is 14.4. The third-order valence-electron chi connectivity index (χ3n) is 2.66. The third-order valence-corrected chi connectivity index (χ3v) is 3.75. The van der Waals surface area contributed by atoms with E-state index in [1.165, 1.54) is 11.8 Å². The van der Waals surface area contributed by atoms with Gasteiger partial charge in [0.05, 0.1) is 25.4 Å². The zero-order valence-electron chi connectivity index (χ0n) is 11.6. The van der Waals surface area contributed by atoms with Gasteiger partial charge in [-0.3, -0.25) is 4.40 Å². The lowest BCUT2D eigenvalue weighted by molar-refractivity contribution is -0.0257. The number of nitrogens with zero attached hydrogens (tertiary/aromatic N) is 3. The van der Waals surface area contributed by atoms with E-state index in [0.717, 1.165) is 10.8 Å². The van der Waals surface area contributed by atoms with E-state index in [4.69, 9.17) is 9.47 Å². The Morgan fingerprint density at radius 1 is 1.35 bits per heavy atom. The van der Waals surface area contributed by atoms with E-state index >= 15 is 0 Å². The van der Waals surface area contributed by atoms with Crippen molar-refractivity contribution in [2.24, 2.45) is 0 Å². The summed E-state index contributed by atoms with van der Waals surface area (Å²) in [6.07, 6.45) is 1.34. The fourth-order valence-electron chi connectivity index (χ4n) is 1.69. The standard InChI is InChI=1S/C13H19N3O3S/c1-10(7-18-2)19-8-11(17)9-20-13-15-14-12-5-3-4-6-16(12)13/h3-6,10-11,17H,7-9H2,1-2H3. The summed E-state index contributed by atoms with van der Waals surface area (Å²) < 4.78 is 12.3. The molecule has 0 fully saturated rings. The van der Waals surface area contributed by atoms with Crippen LogP contribution in [0, 0.1) is 0 Å². The topological polar surface area (TPSA) is 68.9 Å². The number of aliphatic hydroxyl groups excluding tert-OH is 1. The van der Waals surface area contributed by atoms with Gasteiger partial charge in [0.15, 0.2) is 10.8 Å². The molecule has 2 aromatic heterocycles. The van der Waals surface area contributed by atoms with Crippen LogP contribution in [0.25, 0.3) is 5.65 Å². The maximum absolute atomic E-state index is 9.89. The third kappa shape index (κ3) is 4.17. The van der Waals surface area contributed by atoms with E-state index in [2.05, 4.69) is 10.2 Å². The Balaban J connectivity index is 1.80. The van der Waals surface area contributed by atoms with Crippen LogP contribution in [0.2, 0.25) is 0 Å². The van der Waals surface area contributed by atoms with E-state index in [1.54, 1.807) is 7.11 Å². The van der Waals surface area contributed by atoms with Crippen molar-refractivity contribution in [1.82, 2.24) is 14.6 Å². The molecule has 0 aliphatic heterocycles. The highest BCUT2D eigenvalue weighted by Gasteiger charge is 2.11. The van der Waals surface area contributed by atoms with Crippen molar-refractivity contribution in [3.63, 3.8) is 0 Å². The monoisotopic (exact) mass is 297 g/mol. The predicted molar refractivity (Wildman–Crippen MR) is 77.0 cm³/mol. The number of methoxy groups -OCH3 is 1. The van der Waals surface area contributed by atoms with Crippen LogP contribution in [-0.2, 0) is 9.47 Å². The predicted octanol–water partition coefficient (Wildman–Crippen LogP) is 1.23. The average molecular weight is 297 g/mol. The molecule has 2 heterocycles. The van der Waals surface area contributed by atoms with E-state index in [9.17, 15) is 5.11 Å². The summed E-state index contributed by atoms with van der Waals surface area (Å²) in [7, 11) is 1.63. The van der Waals surface area contributed by atoms with Crippen LogP contribution in [0.5, 0.6) is 0 Å². The zero-order valence-corrected chi connectivity index (χ0v) is 12.4. The molecule has 6 nitrogen and oxygen atoms in total. The Hall–Kier alpha value is -1.15. The van der Waals surface area contributed by atoms with Crippen LogP contribution < -0.4 is 0 Å². The Morgan fingerprint density at radius 2 is 2.20 bits per heavy atom. The molecule has 2 rings (SSSR count). The number of fused-ring (bicyclic) bond motifs is 1. The van der Waals surface area contributed by atoms with Crippen molar-refractivity contribution in [2.45, 2.75) is 24.3 Å². The van der Waals surface area contributed by atoms with Crippen molar-refractivity contribution < 1.29 is 14.6 Å².